The van der Waals surface area contributed by atoms with Crippen molar-refractivity contribution < 1.29 is 13.2 Å². The van der Waals surface area contributed by atoms with E-state index in [0.717, 1.165) is 12.8 Å². The van der Waals surface area contributed by atoms with E-state index < -0.39 is 16.3 Å². The summed E-state index contributed by atoms with van der Waals surface area (Å²) in [6, 6.07) is -0.547. The van der Waals surface area contributed by atoms with Crippen molar-refractivity contribution in [1.82, 2.24) is 13.9 Å². The third kappa shape index (κ3) is 2.31. The van der Waals surface area contributed by atoms with Crippen molar-refractivity contribution in [1.29, 1.82) is 0 Å². The molecule has 1 unspecified atom stereocenters. The fourth-order valence-electron chi connectivity index (χ4n) is 2.43. The predicted octanol–water partition coefficient (Wildman–Crippen LogP) is -0.463. The van der Waals surface area contributed by atoms with E-state index in [9.17, 15) is 13.2 Å². The smallest absolute Gasteiger partial charge is 0.282 e. The van der Waals surface area contributed by atoms with Gasteiger partial charge in [0.25, 0.3) is 10.2 Å². The van der Waals surface area contributed by atoms with E-state index in [1.54, 1.807) is 0 Å². The zero-order chi connectivity index (χ0) is 12.5. The van der Waals surface area contributed by atoms with Crippen LogP contribution in [0.2, 0.25) is 0 Å². The normalized spacial score (nSPS) is 28.3. The number of piperazine rings is 1. The van der Waals surface area contributed by atoms with Crippen molar-refractivity contribution in [2.75, 3.05) is 26.2 Å². The molecule has 7 heteroatoms. The van der Waals surface area contributed by atoms with Gasteiger partial charge in [-0.1, -0.05) is 6.92 Å². The molecule has 2 fully saturated rings. The number of carbonyl (C=O) groups excluding carboxylic acids is 1. The minimum Gasteiger partial charge on any atom is -0.353 e. The van der Waals surface area contributed by atoms with Crippen molar-refractivity contribution in [3.8, 4) is 0 Å². The first-order valence-corrected chi connectivity index (χ1v) is 7.51. The molecule has 2 saturated heterocycles. The predicted molar refractivity (Wildman–Crippen MR) is 63.5 cm³/mol. The Morgan fingerprint density at radius 3 is 2.53 bits per heavy atom. The molecule has 0 radical (unpaired) electrons. The Labute approximate surface area is 102 Å². The summed E-state index contributed by atoms with van der Waals surface area (Å²) in [4.78, 5) is 11.7. The second-order valence-electron chi connectivity index (χ2n) is 4.44. The van der Waals surface area contributed by atoms with Crippen molar-refractivity contribution in [2.45, 2.75) is 32.2 Å². The van der Waals surface area contributed by atoms with Crippen LogP contribution in [0, 0.1) is 0 Å². The SMILES string of the molecule is CCC1C(=O)NCCN1S(=O)(=O)N1CCCC1. The average molecular weight is 261 g/mol. The fraction of sp³-hybridized carbons (Fsp3) is 0.900. The van der Waals surface area contributed by atoms with Crippen molar-refractivity contribution in [3.63, 3.8) is 0 Å². The lowest BCUT2D eigenvalue weighted by Crippen LogP contribution is -2.59. The van der Waals surface area contributed by atoms with Gasteiger partial charge in [0.15, 0.2) is 0 Å². The number of hydrogen-bond donors (Lipinski definition) is 1. The number of carbonyl (C=O) groups is 1. The van der Waals surface area contributed by atoms with Crippen LogP contribution in [0.1, 0.15) is 26.2 Å². The minimum absolute atomic E-state index is 0.179. The molecule has 2 aliphatic heterocycles. The van der Waals surface area contributed by atoms with Gasteiger partial charge >= 0.3 is 0 Å². The molecule has 0 aromatic rings. The van der Waals surface area contributed by atoms with Crippen LogP contribution in [0.3, 0.4) is 0 Å². The standard InChI is InChI=1S/C10H19N3O3S/c1-2-9-10(14)11-5-8-13(9)17(15,16)12-6-3-4-7-12/h9H,2-8H2,1H3,(H,11,14). The summed E-state index contributed by atoms with van der Waals surface area (Å²) in [5, 5.41) is 2.71. The molecule has 0 saturated carbocycles. The highest BCUT2D eigenvalue weighted by Gasteiger charge is 2.40. The topological polar surface area (TPSA) is 69.7 Å². The molecule has 0 bridgehead atoms. The molecule has 0 aromatic heterocycles. The van der Waals surface area contributed by atoms with Gasteiger partial charge in [-0.05, 0) is 19.3 Å². The Bertz CT molecular complexity index is 390. The Morgan fingerprint density at radius 1 is 1.29 bits per heavy atom. The first-order valence-electron chi connectivity index (χ1n) is 6.12. The van der Waals surface area contributed by atoms with E-state index in [2.05, 4.69) is 5.32 Å². The molecular weight excluding hydrogens is 242 g/mol. The van der Waals surface area contributed by atoms with Crippen LogP contribution in [0.25, 0.3) is 0 Å². The molecular formula is C10H19N3O3S. The summed E-state index contributed by atoms with van der Waals surface area (Å²) in [5.74, 6) is -0.179. The van der Waals surface area contributed by atoms with Gasteiger partial charge in [-0.15, -0.1) is 0 Å². The number of nitrogens with zero attached hydrogens (tertiary/aromatic N) is 2. The maximum Gasteiger partial charge on any atom is 0.282 e. The largest absolute Gasteiger partial charge is 0.353 e. The van der Waals surface area contributed by atoms with Crippen LogP contribution < -0.4 is 5.32 Å². The van der Waals surface area contributed by atoms with Crippen LogP contribution in [0.5, 0.6) is 0 Å². The van der Waals surface area contributed by atoms with Crippen molar-refractivity contribution in [2.24, 2.45) is 0 Å². The molecule has 0 spiro atoms. The summed E-state index contributed by atoms with van der Waals surface area (Å²) in [6.45, 7) is 3.78. The minimum atomic E-state index is -3.45. The molecule has 2 aliphatic rings. The van der Waals surface area contributed by atoms with Crippen LogP contribution >= 0.6 is 0 Å². The first-order chi connectivity index (χ1) is 8.07. The van der Waals surface area contributed by atoms with Gasteiger partial charge in [0, 0.05) is 26.2 Å². The highest BCUT2D eigenvalue weighted by atomic mass is 32.2. The third-order valence-corrected chi connectivity index (χ3v) is 5.40. The first kappa shape index (κ1) is 12.8. The molecule has 2 rings (SSSR count). The third-order valence-electron chi connectivity index (χ3n) is 3.36. The van der Waals surface area contributed by atoms with E-state index in [-0.39, 0.29) is 5.91 Å². The molecule has 6 nitrogen and oxygen atoms in total. The summed E-state index contributed by atoms with van der Waals surface area (Å²) >= 11 is 0. The highest BCUT2D eigenvalue weighted by Crippen LogP contribution is 2.21. The maximum absolute atomic E-state index is 12.4. The molecule has 1 atom stereocenters. The number of amides is 1. The van der Waals surface area contributed by atoms with Gasteiger partial charge in [0.05, 0.1) is 0 Å². The summed E-state index contributed by atoms with van der Waals surface area (Å²) in [6.07, 6.45) is 2.34. The zero-order valence-corrected chi connectivity index (χ0v) is 10.9. The van der Waals surface area contributed by atoms with E-state index in [1.807, 2.05) is 6.92 Å². The Hall–Kier alpha value is -0.660. The Morgan fingerprint density at radius 2 is 1.94 bits per heavy atom. The lowest BCUT2D eigenvalue weighted by atomic mass is 10.2. The molecule has 0 aromatic carbocycles. The number of rotatable bonds is 3. The van der Waals surface area contributed by atoms with Crippen molar-refractivity contribution in [3.05, 3.63) is 0 Å². The van der Waals surface area contributed by atoms with Crippen LogP contribution in [-0.4, -0.2) is 55.2 Å². The van der Waals surface area contributed by atoms with Crippen LogP contribution in [0.4, 0.5) is 0 Å². The lowest BCUT2D eigenvalue weighted by Gasteiger charge is -2.35. The second kappa shape index (κ2) is 4.91. The maximum atomic E-state index is 12.4. The van der Waals surface area contributed by atoms with E-state index in [0.29, 0.717) is 32.6 Å². The van der Waals surface area contributed by atoms with Gasteiger partial charge in [0.1, 0.15) is 6.04 Å². The fourth-order valence-corrected chi connectivity index (χ4v) is 4.33. The second-order valence-corrected chi connectivity index (χ2v) is 6.32. The summed E-state index contributed by atoms with van der Waals surface area (Å²) in [7, 11) is -3.45. The zero-order valence-electron chi connectivity index (χ0n) is 10.1. The lowest BCUT2D eigenvalue weighted by molar-refractivity contribution is -0.126. The monoisotopic (exact) mass is 261 g/mol. The van der Waals surface area contributed by atoms with E-state index >= 15 is 0 Å². The molecule has 17 heavy (non-hydrogen) atoms. The van der Waals surface area contributed by atoms with Gasteiger partial charge in [-0.2, -0.15) is 17.0 Å². The highest BCUT2D eigenvalue weighted by molar-refractivity contribution is 7.86. The number of nitrogens with one attached hydrogen (secondary N) is 1. The molecule has 1 amide bonds. The Kier molecular flexibility index (Phi) is 3.70. The van der Waals surface area contributed by atoms with Crippen LogP contribution in [0.15, 0.2) is 0 Å². The summed E-state index contributed by atoms with van der Waals surface area (Å²) < 4.78 is 27.6. The Balaban J connectivity index is 2.21. The molecule has 98 valence electrons. The van der Waals surface area contributed by atoms with Crippen molar-refractivity contribution >= 4 is 16.1 Å². The average Bonchev–Trinajstić information content (AvgIpc) is 2.82. The summed E-state index contributed by atoms with van der Waals surface area (Å²) in [5.41, 5.74) is 0. The van der Waals surface area contributed by atoms with Gasteiger partial charge in [-0.3, -0.25) is 4.79 Å². The van der Waals surface area contributed by atoms with E-state index in [4.69, 9.17) is 0 Å². The molecule has 0 aliphatic carbocycles. The quantitative estimate of drug-likeness (QED) is 0.747. The molecule has 1 N–H and O–H groups in total. The van der Waals surface area contributed by atoms with Gasteiger partial charge in [-0.25, -0.2) is 0 Å². The van der Waals surface area contributed by atoms with Crippen LogP contribution in [-0.2, 0) is 15.0 Å². The van der Waals surface area contributed by atoms with E-state index in [1.165, 1.54) is 8.61 Å². The molecule has 2 heterocycles. The van der Waals surface area contributed by atoms with Gasteiger partial charge < -0.3 is 5.32 Å². The van der Waals surface area contributed by atoms with Gasteiger partial charge in [0.2, 0.25) is 5.91 Å². The number of hydrogen-bond acceptors (Lipinski definition) is 3.